The third-order valence-electron chi connectivity index (χ3n) is 3.66. The molecule has 0 saturated carbocycles. The first-order chi connectivity index (χ1) is 10.2. The molecule has 1 aromatic rings. The van der Waals surface area contributed by atoms with Crippen LogP contribution in [0.2, 0.25) is 0 Å². The molecule has 0 aliphatic carbocycles. The molecule has 0 radical (unpaired) electrons. The molecule has 0 amide bonds. The highest BCUT2D eigenvalue weighted by atomic mass is 79.9. The van der Waals surface area contributed by atoms with Gasteiger partial charge in [-0.05, 0) is 44.0 Å². The lowest BCUT2D eigenvalue weighted by molar-refractivity contribution is 0.0374. The third kappa shape index (κ3) is 4.87. The van der Waals surface area contributed by atoms with E-state index in [1.165, 1.54) is 5.56 Å². The van der Waals surface area contributed by atoms with Crippen molar-refractivity contribution in [2.24, 2.45) is 0 Å². The van der Waals surface area contributed by atoms with E-state index in [9.17, 15) is 0 Å². The van der Waals surface area contributed by atoms with Gasteiger partial charge in [0, 0.05) is 17.6 Å². The molecule has 5 heteroatoms. The predicted octanol–water partition coefficient (Wildman–Crippen LogP) is 3.12. The highest BCUT2D eigenvalue weighted by molar-refractivity contribution is 9.10. The molecule has 1 aliphatic heterocycles. The Morgan fingerprint density at radius 2 is 2.00 bits per heavy atom. The van der Waals surface area contributed by atoms with Crippen molar-refractivity contribution in [1.82, 2.24) is 4.90 Å². The average molecular weight is 358 g/mol. The number of rotatable bonds is 7. The Morgan fingerprint density at radius 1 is 1.24 bits per heavy atom. The molecular weight excluding hydrogens is 334 g/mol. The summed E-state index contributed by atoms with van der Waals surface area (Å²) in [5.74, 6) is 1.60. The van der Waals surface area contributed by atoms with Crippen LogP contribution in [-0.4, -0.2) is 51.5 Å². The number of nitrogens with zero attached hydrogens (tertiary/aromatic N) is 1. The Bertz CT molecular complexity index is 447. The summed E-state index contributed by atoms with van der Waals surface area (Å²) in [5.41, 5.74) is 1.27. The fourth-order valence-corrected chi connectivity index (χ4v) is 3.04. The SMILES string of the molecule is CCOc1cc(Br)c(CCCN2CCOCC2)cc1OC. The van der Waals surface area contributed by atoms with Gasteiger partial charge in [-0.3, -0.25) is 4.90 Å². The minimum atomic E-state index is 0.638. The Labute approximate surface area is 135 Å². The van der Waals surface area contributed by atoms with E-state index in [4.69, 9.17) is 14.2 Å². The molecule has 0 aromatic heterocycles. The van der Waals surface area contributed by atoms with E-state index in [-0.39, 0.29) is 0 Å². The van der Waals surface area contributed by atoms with Crippen LogP contribution in [0.1, 0.15) is 18.9 Å². The number of halogens is 1. The molecule has 1 heterocycles. The van der Waals surface area contributed by atoms with Crippen molar-refractivity contribution < 1.29 is 14.2 Å². The summed E-state index contributed by atoms with van der Waals surface area (Å²) < 4.78 is 17.5. The zero-order valence-corrected chi connectivity index (χ0v) is 14.4. The second kappa shape index (κ2) is 8.61. The van der Waals surface area contributed by atoms with Crippen LogP contribution in [0.25, 0.3) is 0 Å². The highest BCUT2D eigenvalue weighted by Gasteiger charge is 2.12. The van der Waals surface area contributed by atoms with E-state index in [1.807, 2.05) is 13.0 Å². The van der Waals surface area contributed by atoms with Crippen molar-refractivity contribution in [2.45, 2.75) is 19.8 Å². The number of ether oxygens (including phenoxy) is 3. The molecule has 2 rings (SSSR count). The molecule has 4 nitrogen and oxygen atoms in total. The van der Waals surface area contributed by atoms with Gasteiger partial charge in [0.25, 0.3) is 0 Å². The molecule has 0 atom stereocenters. The Hall–Kier alpha value is -0.780. The van der Waals surface area contributed by atoms with E-state index in [0.29, 0.717) is 6.61 Å². The number of methoxy groups -OCH3 is 1. The van der Waals surface area contributed by atoms with Crippen molar-refractivity contribution in [1.29, 1.82) is 0 Å². The van der Waals surface area contributed by atoms with Crippen LogP contribution in [-0.2, 0) is 11.2 Å². The Morgan fingerprint density at radius 3 is 2.67 bits per heavy atom. The van der Waals surface area contributed by atoms with Crippen molar-refractivity contribution >= 4 is 15.9 Å². The van der Waals surface area contributed by atoms with Gasteiger partial charge in [0.2, 0.25) is 0 Å². The van der Waals surface area contributed by atoms with Gasteiger partial charge in [-0.25, -0.2) is 0 Å². The van der Waals surface area contributed by atoms with Gasteiger partial charge in [-0.1, -0.05) is 15.9 Å². The van der Waals surface area contributed by atoms with Gasteiger partial charge in [0.1, 0.15) is 0 Å². The summed E-state index contributed by atoms with van der Waals surface area (Å²) in [5, 5.41) is 0. The summed E-state index contributed by atoms with van der Waals surface area (Å²) in [6.07, 6.45) is 2.16. The van der Waals surface area contributed by atoms with Crippen molar-refractivity contribution in [3.8, 4) is 11.5 Å². The Kier molecular flexibility index (Phi) is 6.80. The number of hydrogen-bond acceptors (Lipinski definition) is 4. The molecule has 1 fully saturated rings. The smallest absolute Gasteiger partial charge is 0.162 e. The average Bonchev–Trinajstić information content (AvgIpc) is 2.51. The summed E-state index contributed by atoms with van der Waals surface area (Å²) in [6.45, 7) is 7.55. The first-order valence-corrected chi connectivity index (χ1v) is 8.33. The first-order valence-electron chi connectivity index (χ1n) is 7.54. The second-order valence-electron chi connectivity index (χ2n) is 5.09. The number of aryl methyl sites for hydroxylation is 1. The van der Waals surface area contributed by atoms with Gasteiger partial charge < -0.3 is 14.2 Å². The lowest BCUT2D eigenvalue weighted by Crippen LogP contribution is -2.36. The summed E-state index contributed by atoms with van der Waals surface area (Å²) in [4.78, 5) is 2.46. The standard InChI is InChI=1S/C16H24BrNO3/c1-3-21-16-12-14(17)13(11-15(16)19-2)5-4-6-18-7-9-20-10-8-18/h11-12H,3-10H2,1-2H3. The summed E-state index contributed by atoms with van der Waals surface area (Å²) in [6, 6.07) is 4.08. The number of hydrogen-bond donors (Lipinski definition) is 0. The zero-order chi connectivity index (χ0) is 15.1. The highest BCUT2D eigenvalue weighted by Crippen LogP contribution is 2.34. The van der Waals surface area contributed by atoms with Crippen LogP contribution in [0.5, 0.6) is 11.5 Å². The first kappa shape index (κ1) is 16.6. The Balaban J connectivity index is 1.92. The van der Waals surface area contributed by atoms with Gasteiger partial charge >= 0.3 is 0 Å². The van der Waals surface area contributed by atoms with Gasteiger partial charge in [-0.15, -0.1) is 0 Å². The lowest BCUT2D eigenvalue weighted by atomic mass is 10.1. The quantitative estimate of drug-likeness (QED) is 0.750. The van der Waals surface area contributed by atoms with Crippen LogP contribution >= 0.6 is 15.9 Å². The van der Waals surface area contributed by atoms with Crippen LogP contribution in [0.15, 0.2) is 16.6 Å². The van der Waals surface area contributed by atoms with E-state index >= 15 is 0 Å². The molecule has 1 saturated heterocycles. The van der Waals surface area contributed by atoms with Crippen molar-refractivity contribution in [2.75, 3.05) is 46.6 Å². The van der Waals surface area contributed by atoms with E-state index in [0.717, 1.165) is 61.7 Å². The lowest BCUT2D eigenvalue weighted by Gasteiger charge is -2.26. The molecule has 0 unspecified atom stereocenters. The monoisotopic (exact) mass is 357 g/mol. The minimum absolute atomic E-state index is 0.638. The maximum atomic E-state index is 5.59. The number of morpholine rings is 1. The maximum Gasteiger partial charge on any atom is 0.162 e. The molecular formula is C16H24BrNO3. The minimum Gasteiger partial charge on any atom is -0.493 e. The van der Waals surface area contributed by atoms with E-state index < -0.39 is 0 Å². The molecule has 0 N–H and O–H groups in total. The van der Waals surface area contributed by atoms with Crippen LogP contribution < -0.4 is 9.47 Å². The van der Waals surface area contributed by atoms with Crippen LogP contribution in [0.3, 0.4) is 0 Å². The molecule has 21 heavy (non-hydrogen) atoms. The normalized spacial score (nSPS) is 16.0. The van der Waals surface area contributed by atoms with Gasteiger partial charge in [-0.2, -0.15) is 0 Å². The second-order valence-corrected chi connectivity index (χ2v) is 5.94. The largest absolute Gasteiger partial charge is 0.493 e. The maximum absolute atomic E-state index is 5.59. The van der Waals surface area contributed by atoms with E-state index in [1.54, 1.807) is 7.11 Å². The van der Waals surface area contributed by atoms with Crippen LogP contribution in [0.4, 0.5) is 0 Å². The van der Waals surface area contributed by atoms with Crippen molar-refractivity contribution in [3.05, 3.63) is 22.2 Å². The molecule has 1 aliphatic rings. The molecule has 0 bridgehead atoms. The predicted molar refractivity (Wildman–Crippen MR) is 87.4 cm³/mol. The topological polar surface area (TPSA) is 30.9 Å². The van der Waals surface area contributed by atoms with Gasteiger partial charge in [0.15, 0.2) is 11.5 Å². The molecule has 0 spiro atoms. The zero-order valence-electron chi connectivity index (χ0n) is 12.9. The molecule has 118 valence electrons. The third-order valence-corrected chi connectivity index (χ3v) is 4.39. The van der Waals surface area contributed by atoms with Crippen LogP contribution in [0, 0.1) is 0 Å². The van der Waals surface area contributed by atoms with Crippen molar-refractivity contribution in [3.63, 3.8) is 0 Å². The van der Waals surface area contributed by atoms with E-state index in [2.05, 4.69) is 26.9 Å². The van der Waals surface area contributed by atoms with Gasteiger partial charge in [0.05, 0.1) is 26.9 Å². The number of benzene rings is 1. The molecule has 1 aromatic carbocycles. The fourth-order valence-electron chi connectivity index (χ4n) is 2.51. The summed E-state index contributed by atoms with van der Waals surface area (Å²) in [7, 11) is 1.68. The fraction of sp³-hybridized carbons (Fsp3) is 0.625. The summed E-state index contributed by atoms with van der Waals surface area (Å²) >= 11 is 3.64.